The molecule has 1 spiro atoms. The summed E-state index contributed by atoms with van der Waals surface area (Å²) in [5, 5.41) is 0. The Kier molecular flexibility index (Phi) is 9.91. The van der Waals surface area contributed by atoms with Crippen LogP contribution >= 0.6 is 0 Å². The van der Waals surface area contributed by atoms with Gasteiger partial charge in [0.2, 0.25) is 0 Å². The van der Waals surface area contributed by atoms with Crippen LogP contribution in [0.25, 0.3) is 50.1 Å². The minimum absolute atomic E-state index is 0.451. The molecule has 0 amide bonds. The number of nitrogens with zero attached hydrogens (tertiary/aromatic N) is 2. The molecule has 0 N–H and O–H groups in total. The second-order valence-corrected chi connectivity index (χ2v) is 18.3. The largest absolute Gasteiger partial charge is 0.311 e. The van der Waals surface area contributed by atoms with E-state index >= 15 is 0 Å². The monoisotopic (exact) mass is 880 g/mol. The summed E-state index contributed by atoms with van der Waals surface area (Å²) in [6.07, 6.45) is 6.79. The Labute approximate surface area is 405 Å². The number of allylic oxidation sites excluding steroid dienone is 4. The lowest BCUT2D eigenvalue weighted by Gasteiger charge is -2.46. The molecule has 1 aliphatic heterocycles. The molecule has 2 aliphatic carbocycles. The molecule has 3 aliphatic rings. The number of rotatable bonds is 8. The standard InChI is InChI=1S/C67H48N2/c1-4-16-47(17-5-1)50-28-37-55(38-29-50)68(56-39-30-51(31-40-56)48-18-6-2-7-19-48)57-41-34-53(35-42-57)54-36-45-66-64(46-54)67(61-24-12-10-22-59(61)60-23-11-13-25-62(60)67)63-26-14-15-27-65(63)69(66)58-43-32-52(33-44-58)49-20-8-3-9-21-49/h1-12,14-24,26-46H,13,25H2. The van der Waals surface area contributed by atoms with Crippen LogP contribution < -0.4 is 9.80 Å². The SMILES string of the molecule is C1=CC2=C(CC1)C1(c3ccccc32)c2ccccc2N(c2ccc(-c3ccccc3)cc2)c2ccc(-c3ccc(N(c4ccc(-c5ccccc5)cc4)c4ccc(-c5ccccc5)cc4)cc3)cc21. The Hall–Kier alpha value is -8.72. The average Bonchev–Trinajstić information content (AvgIpc) is 3.73. The van der Waals surface area contributed by atoms with Crippen LogP contribution in [0.1, 0.15) is 35.1 Å². The average molecular weight is 881 g/mol. The third-order valence-corrected chi connectivity index (χ3v) is 14.6. The van der Waals surface area contributed by atoms with E-state index in [0.29, 0.717) is 0 Å². The van der Waals surface area contributed by atoms with Gasteiger partial charge in [0.25, 0.3) is 0 Å². The van der Waals surface area contributed by atoms with Crippen molar-refractivity contribution in [3.63, 3.8) is 0 Å². The van der Waals surface area contributed by atoms with Crippen LogP contribution in [0.5, 0.6) is 0 Å². The summed E-state index contributed by atoms with van der Waals surface area (Å²) in [7, 11) is 0. The number of fused-ring (bicyclic) bond motifs is 8. The summed E-state index contributed by atoms with van der Waals surface area (Å²) >= 11 is 0. The molecule has 0 fully saturated rings. The maximum Gasteiger partial charge on any atom is 0.0717 e. The highest BCUT2D eigenvalue weighted by Gasteiger charge is 2.52. The first kappa shape index (κ1) is 40.5. The fraction of sp³-hybridized carbons (Fsp3) is 0.0448. The highest BCUT2D eigenvalue weighted by Crippen LogP contribution is 2.64. The molecule has 1 unspecified atom stereocenters. The van der Waals surface area contributed by atoms with Crippen LogP contribution in [-0.2, 0) is 5.41 Å². The molecule has 0 saturated heterocycles. The van der Waals surface area contributed by atoms with E-state index in [9.17, 15) is 0 Å². The van der Waals surface area contributed by atoms with E-state index in [4.69, 9.17) is 0 Å². The predicted molar refractivity (Wildman–Crippen MR) is 289 cm³/mol. The van der Waals surface area contributed by atoms with Crippen molar-refractivity contribution >= 4 is 39.7 Å². The van der Waals surface area contributed by atoms with Crippen molar-refractivity contribution in [3.8, 4) is 44.5 Å². The molecule has 2 nitrogen and oxygen atoms in total. The second-order valence-electron chi connectivity index (χ2n) is 18.3. The van der Waals surface area contributed by atoms with E-state index in [0.717, 1.165) is 35.6 Å². The summed E-state index contributed by atoms with van der Waals surface area (Å²) in [6.45, 7) is 0. The highest BCUT2D eigenvalue weighted by atomic mass is 15.2. The van der Waals surface area contributed by atoms with Gasteiger partial charge in [0.15, 0.2) is 0 Å². The fourth-order valence-electron chi connectivity index (χ4n) is 11.4. The first-order valence-electron chi connectivity index (χ1n) is 24.1. The van der Waals surface area contributed by atoms with Crippen LogP contribution in [0.3, 0.4) is 0 Å². The molecular formula is C67H48N2. The van der Waals surface area contributed by atoms with E-state index in [1.807, 2.05) is 0 Å². The Bertz CT molecular complexity index is 3470. The molecule has 1 heterocycles. The van der Waals surface area contributed by atoms with Crippen LogP contribution in [0.4, 0.5) is 34.1 Å². The predicted octanol–water partition coefficient (Wildman–Crippen LogP) is 18.1. The maximum atomic E-state index is 2.51. The van der Waals surface area contributed by atoms with Gasteiger partial charge in [0, 0.05) is 22.7 Å². The van der Waals surface area contributed by atoms with Crippen LogP contribution in [0.2, 0.25) is 0 Å². The van der Waals surface area contributed by atoms with Crippen molar-refractivity contribution in [2.24, 2.45) is 0 Å². The zero-order valence-corrected chi connectivity index (χ0v) is 38.2. The van der Waals surface area contributed by atoms with E-state index < -0.39 is 5.41 Å². The molecule has 2 heteroatoms. The Morgan fingerprint density at radius 1 is 0.348 bits per heavy atom. The van der Waals surface area contributed by atoms with Gasteiger partial charge in [-0.1, -0.05) is 200 Å². The Morgan fingerprint density at radius 2 is 0.768 bits per heavy atom. The summed E-state index contributed by atoms with van der Waals surface area (Å²) < 4.78 is 0. The van der Waals surface area contributed by atoms with E-state index in [1.165, 1.54) is 89.3 Å². The zero-order valence-electron chi connectivity index (χ0n) is 38.2. The first-order chi connectivity index (χ1) is 34.2. The van der Waals surface area contributed by atoms with Gasteiger partial charge in [-0.15, -0.1) is 0 Å². The van der Waals surface area contributed by atoms with Gasteiger partial charge in [-0.25, -0.2) is 0 Å². The quantitative estimate of drug-likeness (QED) is 0.150. The van der Waals surface area contributed by atoms with Crippen molar-refractivity contribution in [1.82, 2.24) is 0 Å². The number of para-hydroxylation sites is 1. The van der Waals surface area contributed by atoms with Gasteiger partial charge in [-0.3, -0.25) is 0 Å². The van der Waals surface area contributed by atoms with Gasteiger partial charge < -0.3 is 9.80 Å². The molecule has 0 aromatic heterocycles. The summed E-state index contributed by atoms with van der Waals surface area (Å²) in [4.78, 5) is 4.87. The van der Waals surface area contributed by atoms with Crippen LogP contribution in [0, 0.1) is 0 Å². The minimum Gasteiger partial charge on any atom is -0.311 e. The lowest BCUT2D eigenvalue weighted by atomic mass is 9.62. The summed E-state index contributed by atoms with van der Waals surface area (Å²) in [5.74, 6) is 0. The molecule has 1 atom stereocenters. The van der Waals surface area contributed by atoms with E-state index in [2.05, 4.69) is 277 Å². The van der Waals surface area contributed by atoms with Gasteiger partial charge in [-0.05, 0) is 157 Å². The van der Waals surface area contributed by atoms with Crippen molar-refractivity contribution < 1.29 is 0 Å². The fourth-order valence-corrected chi connectivity index (χ4v) is 11.4. The maximum absolute atomic E-state index is 2.51. The van der Waals surface area contributed by atoms with Gasteiger partial charge in [0.1, 0.15) is 0 Å². The van der Waals surface area contributed by atoms with Crippen LogP contribution in [-0.4, -0.2) is 0 Å². The molecule has 10 aromatic carbocycles. The van der Waals surface area contributed by atoms with Crippen molar-refractivity contribution in [2.75, 3.05) is 9.80 Å². The summed E-state index contributed by atoms with van der Waals surface area (Å²) in [5.41, 5.74) is 24.3. The smallest absolute Gasteiger partial charge is 0.0717 e. The Balaban J connectivity index is 0.946. The topological polar surface area (TPSA) is 6.48 Å². The van der Waals surface area contributed by atoms with Crippen molar-refractivity contribution in [1.29, 1.82) is 0 Å². The third-order valence-electron chi connectivity index (χ3n) is 14.6. The molecule has 0 saturated carbocycles. The number of hydrogen-bond donors (Lipinski definition) is 0. The van der Waals surface area contributed by atoms with Crippen LogP contribution in [0.15, 0.2) is 273 Å². The number of benzene rings is 10. The minimum atomic E-state index is -0.451. The van der Waals surface area contributed by atoms with Gasteiger partial charge in [-0.2, -0.15) is 0 Å². The first-order valence-corrected chi connectivity index (χ1v) is 24.1. The van der Waals surface area contributed by atoms with E-state index in [-0.39, 0.29) is 0 Å². The molecule has 69 heavy (non-hydrogen) atoms. The van der Waals surface area contributed by atoms with Crippen molar-refractivity contribution in [3.05, 3.63) is 295 Å². The van der Waals surface area contributed by atoms with Gasteiger partial charge >= 0.3 is 0 Å². The van der Waals surface area contributed by atoms with Gasteiger partial charge in [0.05, 0.1) is 16.8 Å². The molecule has 13 rings (SSSR count). The number of anilines is 6. The van der Waals surface area contributed by atoms with Crippen molar-refractivity contribution in [2.45, 2.75) is 18.3 Å². The lowest BCUT2D eigenvalue weighted by molar-refractivity contribution is 0.687. The molecule has 0 bridgehead atoms. The molecule has 0 radical (unpaired) electrons. The van der Waals surface area contributed by atoms with E-state index in [1.54, 1.807) is 0 Å². The normalized spacial score (nSPS) is 15.3. The second kappa shape index (κ2) is 16.9. The molecule has 10 aromatic rings. The third kappa shape index (κ3) is 6.79. The Morgan fingerprint density at radius 3 is 1.32 bits per heavy atom. The molecule has 326 valence electrons. The zero-order chi connectivity index (χ0) is 45.7. The molecular weight excluding hydrogens is 833 g/mol. The number of hydrogen-bond acceptors (Lipinski definition) is 2. The summed E-state index contributed by atoms with van der Waals surface area (Å²) in [6, 6.07) is 93.6. The highest BCUT2D eigenvalue weighted by molar-refractivity contribution is 5.98. The lowest BCUT2D eigenvalue weighted by Crippen LogP contribution is -2.37.